The summed E-state index contributed by atoms with van der Waals surface area (Å²) in [5.74, 6) is 0.246. The second-order valence-electron chi connectivity index (χ2n) is 4.96. The van der Waals surface area contributed by atoms with Crippen LogP contribution in [0.3, 0.4) is 0 Å². The van der Waals surface area contributed by atoms with Crippen molar-refractivity contribution in [2.24, 2.45) is 5.73 Å². The molecule has 0 saturated carbocycles. The second-order valence-corrected chi connectivity index (χ2v) is 4.96. The minimum atomic E-state index is 0.246. The Kier molecular flexibility index (Phi) is 5.22. The maximum atomic E-state index is 12.1. The van der Waals surface area contributed by atoms with Crippen molar-refractivity contribution >= 4 is 5.91 Å². The number of carbonyl (C=O) groups is 1. The first-order valence-electron chi connectivity index (χ1n) is 6.26. The zero-order chi connectivity index (χ0) is 12.1. The molecule has 1 amide bonds. The zero-order valence-electron chi connectivity index (χ0n) is 10.8. The molecular weight excluding hydrogens is 202 g/mol. The summed E-state index contributed by atoms with van der Waals surface area (Å²) >= 11 is 0. The predicted octanol–water partition coefficient (Wildman–Crippen LogP) is 0.666. The number of carbonyl (C=O) groups excluding carboxylic acids is 1. The van der Waals surface area contributed by atoms with Crippen LogP contribution < -0.4 is 5.73 Å². The molecule has 1 saturated heterocycles. The second kappa shape index (κ2) is 6.21. The van der Waals surface area contributed by atoms with Crippen LogP contribution in [0.15, 0.2) is 0 Å². The largest absolute Gasteiger partial charge is 0.336 e. The molecule has 0 aromatic carbocycles. The first-order chi connectivity index (χ1) is 7.56. The van der Waals surface area contributed by atoms with Gasteiger partial charge in [0, 0.05) is 25.2 Å². The highest BCUT2D eigenvalue weighted by molar-refractivity contribution is 5.79. The molecule has 0 aliphatic carbocycles. The number of nitrogens with zero attached hydrogens (tertiary/aromatic N) is 2. The van der Waals surface area contributed by atoms with Crippen molar-refractivity contribution in [2.75, 3.05) is 26.7 Å². The van der Waals surface area contributed by atoms with E-state index in [1.54, 1.807) is 0 Å². The molecule has 4 nitrogen and oxygen atoms in total. The van der Waals surface area contributed by atoms with Crippen molar-refractivity contribution in [3.63, 3.8) is 0 Å². The average Bonchev–Trinajstić information content (AvgIpc) is 2.17. The van der Waals surface area contributed by atoms with Crippen molar-refractivity contribution in [1.82, 2.24) is 9.80 Å². The van der Waals surface area contributed by atoms with Gasteiger partial charge in [0.2, 0.25) is 5.91 Å². The molecule has 0 spiro atoms. The number of nitrogens with two attached hydrogens (primary N) is 1. The van der Waals surface area contributed by atoms with E-state index in [4.69, 9.17) is 5.73 Å². The predicted molar refractivity (Wildman–Crippen MR) is 66.2 cm³/mol. The molecule has 1 aliphatic rings. The number of likely N-dealkylation sites (N-methyl/N-ethyl adjacent to an activating group) is 1. The first kappa shape index (κ1) is 13.5. The summed E-state index contributed by atoms with van der Waals surface area (Å²) in [4.78, 5) is 16.2. The molecule has 16 heavy (non-hydrogen) atoms. The summed E-state index contributed by atoms with van der Waals surface area (Å²) < 4.78 is 0. The number of hydrogen-bond acceptors (Lipinski definition) is 3. The minimum absolute atomic E-state index is 0.246. The summed E-state index contributed by atoms with van der Waals surface area (Å²) in [5.41, 5.74) is 5.47. The maximum absolute atomic E-state index is 12.1. The Hall–Kier alpha value is -0.610. The molecule has 2 atom stereocenters. The molecule has 1 rings (SSSR count). The molecule has 0 aromatic heterocycles. The van der Waals surface area contributed by atoms with Gasteiger partial charge in [-0.3, -0.25) is 9.69 Å². The Morgan fingerprint density at radius 1 is 1.38 bits per heavy atom. The summed E-state index contributed by atoms with van der Waals surface area (Å²) in [6.07, 6.45) is 3.51. The van der Waals surface area contributed by atoms with Gasteiger partial charge in [0.05, 0.1) is 6.54 Å². The van der Waals surface area contributed by atoms with Crippen LogP contribution >= 0.6 is 0 Å². The molecule has 0 bridgehead atoms. The van der Waals surface area contributed by atoms with E-state index in [-0.39, 0.29) is 5.91 Å². The molecule has 94 valence electrons. The number of rotatable bonds is 4. The van der Waals surface area contributed by atoms with Crippen molar-refractivity contribution in [2.45, 2.75) is 45.2 Å². The van der Waals surface area contributed by atoms with Crippen molar-refractivity contribution in [3.8, 4) is 0 Å². The quantitative estimate of drug-likeness (QED) is 0.768. The summed E-state index contributed by atoms with van der Waals surface area (Å²) in [5, 5.41) is 0. The van der Waals surface area contributed by atoms with Crippen LogP contribution in [0.25, 0.3) is 0 Å². The standard InChI is InChI=1S/C12H25N3O/c1-10-5-4-6-11(2)15(10)12(16)9-14(3)8-7-13/h10-11H,4-9,13H2,1-3H3. The van der Waals surface area contributed by atoms with E-state index in [0.29, 0.717) is 25.2 Å². The SMILES string of the molecule is CC1CCCC(C)N1C(=O)CN(C)CCN. The molecule has 2 unspecified atom stereocenters. The van der Waals surface area contributed by atoms with Crippen molar-refractivity contribution < 1.29 is 4.79 Å². The molecule has 1 heterocycles. The smallest absolute Gasteiger partial charge is 0.237 e. The van der Waals surface area contributed by atoms with Crippen LogP contribution in [0.5, 0.6) is 0 Å². The lowest BCUT2D eigenvalue weighted by Gasteiger charge is -2.39. The van der Waals surface area contributed by atoms with Gasteiger partial charge in [-0.05, 0) is 40.2 Å². The summed E-state index contributed by atoms with van der Waals surface area (Å²) in [6, 6.07) is 0.782. The number of hydrogen-bond donors (Lipinski definition) is 1. The van der Waals surface area contributed by atoms with E-state index in [2.05, 4.69) is 18.7 Å². The summed E-state index contributed by atoms with van der Waals surface area (Å²) in [6.45, 7) is 6.18. The molecule has 0 radical (unpaired) electrons. The third-order valence-electron chi connectivity index (χ3n) is 3.40. The Morgan fingerprint density at radius 2 is 1.94 bits per heavy atom. The number of piperidine rings is 1. The number of amides is 1. The minimum Gasteiger partial charge on any atom is -0.336 e. The highest BCUT2D eigenvalue weighted by Crippen LogP contribution is 2.22. The third kappa shape index (κ3) is 3.46. The fourth-order valence-electron chi connectivity index (χ4n) is 2.52. The van der Waals surface area contributed by atoms with Crippen LogP contribution in [-0.4, -0.2) is 54.5 Å². The first-order valence-corrected chi connectivity index (χ1v) is 6.26. The van der Waals surface area contributed by atoms with Crippen LogP contribution in [0, 0.1) is 0 Å². The van der Waals surface area contributed by atoms with E-state index in [1.807, 2.05) is 11.9 Å². The van der Waals surface area contributed by atoms with E-state index >= 15 is 0 Å². The summed E-state index contributed by atoms with van der Waals surface area (Å²) in [7, 11) is 1.95. The fraction of sp³-hybridized carbons (Fsp3) is 0.917. The molecule has 1 aliphatic heterocycles. The molecule has 2 N–H and O–H groups in total. The Balaban J connectivity index is 2.50. The van der Waals surface area contributed by atoms with E-state index < -0.39 is 0 Å². The highest BCUT2D eigenvalue weighted by Gasteiger charge is 2.28. The average molecular weight is 227 g/mol. The highest BCUT2D eigenvalue weighted by atomic mass is 16.2. The van der Waals surface area contributed by atoms with E-state index in [1.165, 1.54) is 6.42 Å². The van der Waals surface area contributed by atoms with E-state index in [0.717, 1.165) is 19.4 Å². The maximum Gasteiger partial charge on any atom is 0.237 e. The van der Waals surface area contributed by atoms with E-state index in [9.17, 15) is 4.79 Å². The van der Waals surface area contributed by atoms with Gasteiger partial charge in [0.1, 0.15) is 0 Å². The van der Waals surface area contributed by atoms with Crippen molar-refractivity contribution in [1.29, 1.82) is 0 Å². The lowest BCUT2D eigenvalue weighted by atomic mass is 9.97. The lowest BCUT2D eigenvalue weighted by molar-refractivity contribution is -0.138. The van der Waals surface area contributed by atoms with Gasteiger partial charge < -0.3 is 10.6 Å². The molecule has 1 fully saturated rings. The van der Waals surface area contributed by atoms with Gasteiger partial charge in [-0.25, -0.2) is 0 Å². The molecular formula is C12H25N3O. The Morgan fingerprint density at radius 3 is 2.44 bits per heavy atom. The Bertz CT molecular complexity index is 222. The van der Waals surface area contributed by atoms with Crippen LogP contribution in [0.4, 0.5) is 0 Å². The molecule has 4 heteroatoms. The van der Waals surface area contributed by atoms with Gasteiger partial charge in [-0.1, -0.05) is 0 Å². The number of likely N-dealkylation sites (tertiary alicyclic amines) is 1. The van der Waals surface area contributed by atoms with Gasteiger partial charge in [-0.15, -0.1) is 0 Å². The van der Waals surface area contributed by atoms with Crippen molar-refractivity contribution in [3.05, 3.63) is 0 Å². The van der Waals surface area contributed by atoms with Crippen LogP contribution in [-0.2, 0) is 4.79 Å². The molecule has 0 aromatic rings. The topological polar surface area (TPSA) is 49.6 Å². The fourth-order valence-corrected chi connectivity index (χ4v) is 2.52. The van der Waals surface area contributed by atoms with Crippen LogP contribution in [0.1, 0.15) is 33.1 Å². The third-order valence-corrected chi connectivity index (χ3v) is 3.40. The lowest BCUT2D eigenvalue weighted by Crippen LogP contribution is -2.51. The normalized spacial score (nSPS) is 26.2. The van der Waals surface area contributed by atoms with Gasteiger partial charge >= 0.3 is 0 Å². The van der Waals surface area contributed by atoms with Gasteiger partial charge in [-0.2, -0.15) is 0 Å². The Labute approximate surface area is 98.8 Å². The van der Waals surface area contributed by atoms with Crippen LogP contribution in [0.2, 0.25) is 0 Å². The zero-order valence-corrected chi connectivity index (χ0v) is 10.8. The van der Waals surface area contributed by atoms with Gasteiger partial charge in [0.15, 0.2) is 0 Å². The monoisotopic (exact) mass is 227 g/mol. The van der Waals surface area contributed by atoms with Gasteiger partial charge in [0.25, 0.3) is 0 Å².